The van der Waals surface area contributed by atoms with Gasteiger partial charge in [-0.15, -0.1) is 0 Å². The molecule has 0 saturated carbocycles. The van der Waals surface area contributed by atoms with E-state index in [0.717, 1.165) is 0 Å². The van der Waals surface area contributed by atoms with Gasteiger partial charge in [0, 0.05) is 0 Å². The quantitative estimate of drug-likeness (QED) is 0.176. The molecule has 2 aliphatic carbocycles. The standard InChI is InChI=1S/C44H28/c1-27-18-20-28(21-19-27)29-22-24-31-30(26-29)23-25-38-41-36-14-4-2-10-32(36)33-11-3-5-15-37(33)43(41)44(42(31)38)39-16-8-6-12-34(39)35-13-7-9-17-40(35)44/h2-26H,1H3. The molecular formula is C44H28. The molecule has 204 valence electrons. The van der Waals surface area contributed by atoms with Crippen LogP contribution in [-0.2, 0) is 5.41 Å². The number of rotatable bonds is 1. The van der Waals surface area contributed by atoms with Crippen LogP contribution in [0.15, 0.2) is 152 Å². The van der Waals surface area contributed by atoms with Gasteiger partial charge in [0.2, 0.25) is 0 Å². The molecule has 1 spiro atoms. The van der Waals surface area contributed by atoms with E-state index in [1.807, 2.05) is 0 Å². The minimum atomic E-state index is -0.424. The molecule has 0 heterocycles. The average molecular weight is 557 g/mol. The SMILES string of the molecule is Cc1ccc(-c2ccc3c4c(ccc3c2)-c2c(c3ccccc3c3ccccc23)C42c3ccccc3-c3ccccc32)cc1. The van der Waals surface area contributed by atoms with E-state index in [1.54, 1.807) is 0 Å². The third-order valence-electron chi connectivity index (χ3n) is 10.3. The van der Waals surface area contributed by atoms with E-state index in [4.69, 9.17) is 0 Å². The van der Waals surface area contributed by atoms with Crippen molar-refractivity contribution in [3.05, 3.63) is 179 Å². The summed E-state index contributed by atoms with van der Waals surface area (Å²) in [6, 6.07) is 57.1. The first-order chi connectivity index (χ1) is 21.7. The molecule has 0 bridgehead atoms. The zero-order valence-corrected chi connectivity index (χ0v) is 24.4. The van der Waals surface area contributed by atoms with Crippen molar-refractivity contribution in [1.82, 2.24) is 0 Å². The topological polar surface area (TPSA) is 0 Å². The fourth-order valence-corrected chi connectivity index (χ4v) is 8.58. The maximum atomic E-state index is 2.41. The molecule has 2 aliphatic rings. The monoisotopic (exact) mass is 556 g/mol. The molecular weight excluding hydrogens is 528 g/mol. The first-order valence-corrected chi connectivity index (χ1v) is 15.5. The van der Waals surface area contributed by atoms with Crippen molar-refractivity contribution in [2.24, 2.45) is 0 Å². The molecule has 0 atom stereocenters. The fourth-order valence-electron chi connectivity index (χ4n) is 8.58. The lowest BCUT2D eigenvalue weighted by Gasteiger charge is -2.32. The molecule has 0 nitrogen and oxygen atoms in total. The van der Waals surface area contributed by atoms with Gasteiger partial charge < -0.3 is 0 Å². The maximum absolute atomic E-state index is 2.41. The number of hydrogen-bond acceptors (Lipinski definition) is 0. The predicted molar refractivity (Wildman–Crippen MR) is 185 cm³/mol. The Labute approximate surface area is 256 Å². The minimum Gasteiger partial charge on any atom is -0.0619 e. The summed E-state index contributed by atoms with van der Waals surface area (Å²) in [5, 5.41) is 7.92. The van der Waals surface area contributed by atoms with E-state index in [-0.39, 0.29) is 0 Å². The molecule has 0 aromatic heterocycles. The third kappa shape index (κ3) is 2.88. The number of aryl methyl sites for hydroxylation is 1. The summed E-state index contributed by atoms with van der Waals surface area (Å²) in [4.78, 5) is 0. The second kappa shape index (κ2) is 8.56. The van der Waals surface area contributed by atoms with Crippen LogP contribution in [0.5, 0.6) is 0 Å². The van der Waals surface area contributed by atoms with Gasteiger partial charge in [-0.05, 0) is 101 Å². The molecule has 10 rings (SSSR count). The third-order valence-corrected chi connectivity index (χ3v) is 10.3. The van der Waals surface area contributed by atoms with Crippen molar-refractivity contribution < 1.29 is 0 Å². The molecule has 0 amide bonds. The van der Waals surface area contributed by atoms with Gasteiger partial charge in [-0.3, -0.25) is 0 Å². The second-order valence-electron chi connectivity index (χ2n) is 12.5. The Morgan fingerprint density at radius 2 is 0.955 bits per heavy atom. The zero-order valence-electron chi connectivity index (χ0n) is 24.4. The summed E-state index contributed by atoms with van der Waals surface area (Å²) in [6.07, 6.45) is 0. The Morgan fingerprint density at radius 3 is 1.66 bits per heavy atom. The van der Waals surface area contributed by atoms with Gasteiger partial charge in [0.25, 0.3) is 0 Å². The van der Waals surface area contributed by atoms with Gasteiger partial charge in [-0.25, -0.2) is 0 Å². The first kappa shape index (κ1) is 24.0. The van der Waals surface area contributed by atoms with E-state index >= 15 is 0 Å². The number of fused-ring (bicyclic) bond motifs is 17. The van der Waals surface area contributed by atoms with Crippen LogP contribution in [0, 0.1) is 6.92 Å². The molecule has 0 N–H and O–H groups in total. The summed E-state index contributed by atoms with van der Waals surface area (Å²) in [5.74, 6) is 0. The predicted octanol–water partition coefficient (Wildman–Crippen LogP) is 11.5. The van der Waals surface area contributed by atoms with Crippen LogP contribution >= 0.6 is 0 Å². The lowest BCUT2D eigenvalue weighted by molar-refractivity contribution is 0.809. The van der Waals surface area contributed by atoms with Crippen molar-refractivity contribution in [1.29, 1.82) is 0 Å². The molecule has 0 heteroatoms. The molecule has 8 aromatic carbocycles. The van der Waals surface area contributed by atoms with Crippen molar-refractivity contribution in [3.8, 4) is 33.4 Å². The Hall–Kier alpha value is -5.46. The van der Waals surface area contributed by atoms with Gasteiger partial charge in [0.05, 0.1) is 5.41 Å². The smallest absolute Gasteiger partial charge is 0.0619 e. The van der Waals surface area contributed by atoms with E-state index in [0.29, 0.717) is 0 Å². The van der Waals surface area contributed by atoms with Gasteiger partial charge in [-0.2, -0.15) is 0 Å². The van der Waals surface area contributed by atoms with Crippen LogP contribution in [0.1, 0.15) is 27.8 Å². The average Bonchev–Trinajstić information content (AvgIpc) is 3.56. The zero-order chi connectivity index (χ0) is 29.0. The van der Waals surface area contributed by atoms with Crippen LogP contribution in [0.3, 0.4) is 0 Å². The molecule has 0 radical (unpaired) electrons. The summed E-state index contributed by atoms with van der Waals surface area (Å²) < 4.78 is 0. The lowest BCUT2D eigenvalue weighted by atomic mass is 9.68. The van der Waals surface area contributed by atoms with Gasteiger partial charge in [-0.1, -0.05) is 151 Å². The molecule has 0 fully saturated rings. The molecule has 8 aromatic rings. The van der Waals surface area contributed by atoms with Gasteiger partial charge in [0.1, 0.15) is 0 Å². The van der Waals surface area contributed by atoms with E-state index in [2.05, 4.69) is 159 Å². The van der Waals surface area contributed by atoms with Crippen molar-refractivity contribution in [3.63, 3.8) is 0 Å². The van der Waals surface area contributed by atoms with E-state index in [9.17, 15) is 0 Å². The summed E-state index contributed by atoms with van der Waals surface area (Å²) in [5.41, 5.74) is 14.4. The molecule has 0 unspecified atom stereocenters. The van der Waals surface area contributed by atoms with Gasteiger partial charge in [0.15, 0.2) is 0 Å². The number of hydrogen-bond donors (Lipinski definition) is 0. The van der Waals surface area contributed by atoms with Crippen molar-refractivity contribution in [2.45, 2.75) is 12.3 Å². The fraction of sp³-hybridized carbons (Fsp3) is 0.0455. The van der Waals surface area contributed by atoms with Crippen LogP contribution in [0.2, 0.25) is 0 Å². The Bertz CT molecular complexity index is 2450. The first-order valence-electron chi connectivity index (χ1n) is 15.5. The maximum Gasteiger partial charge on any atom is 0.0737 e. The van der Waals surface area contributed by atoms with Crippen LogP contribution in [-0.4, -0.2) is 0 Å². The minimum absolute atomic E-state index is 0.424. The highest BCUT2D eigenvalue weighted by atomic mass is 14.5. The largest absolute Gasteiger partial charge is 0.0737 e. The summed E-state index contributed by atoms with van der Waals surface area (Å²) in [7, 11) is 0. The number of benzene rings is 8. The van der Waals surface area contributed by atoms with Crippen molar-refractivity contribution >= 4 is 32.3 Å². The molecule has 0 aliphatic heterocycles. The highest BCUT2D eigenvalue weighted by molar-refractivity contribution is 6.21. The molecule has 44 heavy (non-hydrogen) atoms. The van der Waals surface area contributed by atoms with Crippen LogP contribution in [0.4, 0.5) is 0 Å². The van der Waals surface area contributed by atoms with Crippen LogP contribution in [0.25, 0.3) is 65.7 Å². The highest BCUT2D eigenvalue weighted by Gasteiger charge is 2.53. The normalized spacial score (nSPS) is 13.8. The Balaban J connectivity index is 1.43. The highest BCUT2D eigenvalue weighted by Crippen LogP contribution is 2.66. The van der Waals surface area contributed by atoms with E-state index < -0.39 is 5.41 Å². The Kier molecular flexibility index (Phi) is 4.67. The van der Waals surface area contributed by atoms with E-state index in [1.165, 1.54) is 93.5 Å². The molecule has 0 saturated heterocycles. The van der Waals surface area contributed by atoms with Gasteiger partial charge >= 0.3 is 0 Å². The van der Waals surface area contributed by atoms with Crippen molar-refractivity contribution in [2.75, 3.05) is 0 Å². The Morgan fingerprint density at radius 1 is 0.386 bits per heavy atom. The second-order valence-corrected chi connectivity index (χ2v) is 12.5. The summed E-state index contributed by atoms with van der Waals surface area (Å²) >= 11 is 0. The summed E-state index contributed by atoms with van der Waals surface area (Å²) in [6.45, 7) is 2.15. The lowest BCUT2D eigenvalue weighted by Crippen LogP contribution is -2.26. The van der Waals surface area contributed by atoms with Crippen LogP contribution < -0.4 is 0 Å².